The van der Waals surface area contributed by atoms with E-state index in [-0.39, 0.29) is 94.9 Å². The van der Waals surface area contributed by atoms with Crippen LogP contribution in [0, 0.1) is 17.8 Å². The van der Waals surface area contributed by atoms with Gasteiger partial charge in [-0.3, -0.25) is 48.3 Å². The fraction of sp³-hybridized carbons (Fsp3) is 0.771. The minimum atomic E-state index is -1.34. The van der Waals surface area contributed by atoms with Crippen LogP contribution in [0.5, 0.6) is 0 Å². The summed E-state index contributed by atoms with van der Waals surface area (Å²) in [5.74, 6) is -8.14. The first kappa shape index (κ1) is 66.7. The lowest BCUT2D eigenvalue weighted by Crippen LogP contribution is -2.60. The number of carbonyl (C=O) groups is 9. The lowest BCUT2D eigenvalue weighted by molar-refractivity contribution is -0.144. The van der Waals surface area contributed by atoms with Gasteiger partial charge in [-0.05, 0) is 115 Å². The molecule has 1 heterocycles. The summed E-state index contributed by atoms with van der Waals surface area (Å²) in [5.41, 5.74) is 39.6. The molecule has 0 bridgehead atoms. The molecule has 428 valence electrons. The van der Waals surface area contributed by atoms with Gasteiger partial charge < -0.3 is 87.4 Å². The molecule has 27 nitrogen and oxygen atoms in total. The number of hydrogen-bond donors (Lipinski definition) is 15. The number of aliphatic carboxylic acids is 1. The zero-order valence-electron chi connectivity index (χ0n) is 45.2. The minimum absolute atomic E-state index is 0.0211. The van der Waals surface area contributed by atoms with Crippen molar-refractivity contribution in [3.05, 3.63) is 0 Å². The number of guanidine groups is 2. The van der Waals surface area contributed by atoms with Crippen LogP contribution >= 0.6 is 0 Å². The van der Waals surface area contributed by atoms with Crippen molar-refractivity contribution in [1.29, 1.82) is 0 Å². The summed E-state index contributed by atoms with van der Waals surface area (Å²) in [7, 11) is 0. The van der Waals surface area contributed by atoms with Crippen LogP contribution in [0.25, 0.3) is 0 Å². The van der Waals surface area contributed by atoms with Crippen LogP contribution in [0.2, 0.25) is 0 Å². The van der Waals surface area contributed by atoms with E-state index < -0.39 is 114 Å². The van der Waals surface area contributed by atoms with Gasteiger partial charge in [-0.1, -0.05) is 48.0 Å². The Morgan fingerprint density at radius 2 is 0.987 bits per heavy atom. The zero-order chi connectivity index (χ0) is 56.9. The first-order chi connectivity index (χ1) is 35.3. The van der Waals surface area contributed by atoms with E-state index in [2.05, 4.69) is 47.2 Å². The second-order valence-corrected chi connectivity index (χ2v) is 19.8. The van der Waals surface area contributed by atoms with Gasteiger partial charge in [0.1, 0.15) is 48.3 Å². The topological polar surface area (TPSA) is 468 Å². The van der Waals surface area contributed by atoms with E-state index in [1.54, 1.807) is 41.5 Å². The molecule has 1 aliphatic heterocycles. The summed E-state index contributed by atoms with van der Waals surface area (Å²) in [6, 6.07) is -10.4. The Morgan fingerprint density at radius 3 is 1.41 bits per heavy atom. The normalized spacial score (nSPS) is 16.9. The van der Waals surface area contributed by atoms with Crippen molar-refractivity contribution >= 4 is 65.1 Å². The van der Waals surface area contributed by atoms with Crippen LogP contribution in [0.1, 0.15) is 132 Å². The maximum absolute atomic E-state index is 14.3. The Labute approximate surface area is 441 Å². The number of likely N-dealkylation sites (tertiary alicyclic amines) is 1. The second-order valence-electron chi connectivity index (χ2n) is 19.8. The summed E-state index contributed by atoms with van der Waals surface area (Å²) in [6.45, 7) is 12.8. The molecule has 10 atom stereocenters. The van der Waals surface area contributed by atoms with Gasteiger partial charge in [-0.25, -0.2) is 4.79 Å². The fourth-order valence-corrected chi connectivity index (χ4v) is 8.04. The molecule has 8 amide bonds. The number of carboxylic acids is 1. The molecular weight excluding hydrogens is 975 g/mol. The molecule has 1 fully saturated rings. The van der Waals surface area contributed by atoms with Gasteiger partial charge in [-0.2, -0.15) is 0 Å². The van der Waals surface area contributed by atoms with E-state index in [9.17, 15) is 48.3 Å². The van der Waals surface area contributed by atoms with E-state index >= 15 is 0 Å². The average Bonchev–Trinajstić information content (AvgIpc) is 3.85. The number of nitrogens with two attached hydrogens (primary N) is 7. The van der Waals surface area contributed by atoms with Crippen LogP contribution in [-0.2, 0) is 43.2 Å². The number of aliphatic imine (C=N–C) groups is 2. The van der Waals surface area contributed by atoms with Crippen LogP contribution in [-0.4, -0.2) is 162 Å². The third-order valence-electron chi connectivity index (χ3n) is 12.9. The molecule has 27 heteroatoms. The summed E-state index contributed by atoms with van der Waals surface area (Å²) in [5, 5.41) is 28.4. The van der Waals surface area contributed by atoms with Gasteiger partial charge >= 0.3 is 5.97 Å². The maximum atomic E-state index is 14.3. The van der Waals surface area contributed by atoms with Crippen molar-refractivity contribution in [2.75, 3.05) is 32.7 Å². The molecule has 0 aromatic rings. The summed E-state index contributed by atoms with van der Waals surface area (Å²) >= 11 is 0. The average molecular weight is 1070 g/mol. The standard InChI is InChI=1S/C48H91N17O10/c1-8-28(6)37(46(74)75)64-42(70)31(17-10-12-22-50)59-38(66)29(7)58-39(67)30(16-9-11-21-49)60-40(68)32(18-13-23-56-47(52)53)61-41(69)33(19-14-24-57-48(54)55)62-43(71)34-20-15-25-65(34)45(73)36(27(4)5)63-44(72)35(51)26(2)3/h26-37H,8-25,49-51H2,1-7H3,(H,58,67)(H,59,66)(H,60,68)(H,61,69)(H,62,71)(H,63,72)(H,64,70)(H,74,75)(H4,52,53,56)(H4,54,55,57). The Kier molecular flexibility index (Phi) is 31.1. The molecule has 0 saturated carbocycles. The van der Waals surface area contributed by atoms with E-state index in [0.717, 1.165) is 0 Å². The fourth-order valence-electron chi connectivity index (χ4n) is 8.04. The van der Waals surface area contributed by atoms with Crippen LogP contribution < -0.4 is 77.4 Å². The SMILES string of the molecule is CCC(C)C(NC(=O)C(CCCCN)NC(=O)C(C)NC(=O)C(CCCCN)NC(=O)C(CCCN=C(N)N)NC(=O)C(CCCN=C(N)N)NC(=O)C1CCCN1C(=O)C(NC(=O)C(N)C(C)C)C(C)C)C(=O)O. The molecule has 0 radical (unpaired) electrons. The first-order valence-electron chi connectivity index (χ1n) is 26.2. The van der Waals surface area contributed by atoms with Crippen molar-refractivity contribution in [3.8, 4) is 0 Å². The quantitative estimate of drug-likeness (QED) is 0.0165. The molecule has 1 saturated heterocycles. The van der Waals surface area contributed by atoms with E-state index in [4.69, 9.17) is 40.1 Å². The van der Waals surface area contributed by atoms with Crippen molar-refractivity contribution in [3.63, 3.8) is 0 Å². The lowest BCUT2D eigenvalue weighted by Gasteiger charge is -2.32. The Bertz CT molecular complexity index is 1930. The Morgan fingerprint density at radius 1 is 0.560 bits per heavy atom. The van der Waals surface area contributed by atoms with Gasteiger partial charge in [0.05, 0.1) is 6.04 Å². The highest BCUT2D eigenvalue weighted by Gasteiger charge is 2.41. The van der Waals surface area contributed by atoms with Crippen LogP contribution in [0.4, 0.5) is 0 Å². The number of rotatable bonds is 36. The number of hydrogen-bond acceptors (Lipinski definition) is 14. The van der Waals surface area contributed by atoms with Crippen molar-refractivity contribution < 1.29 is 48.3 Å². The molecule has 1 aliphatic rings. The van der Waals surface area contributed by atoms with E-state index in [1.165, 1.54) is 11.8 Å². The second kappa shape index (κ2) is 35.0. The van der Waals surface area contributed by atoms with Gasteiger partial charge in [0.2, 0.25) is 47.3 Å². The molecule has 0 aromatic carbocycles. The number of carbonyl (C=O) groups excluding carboxylic acids is 8. The van der Waals surface area contributed by atoms with Gasteiger partial charge in [0.25, 0.3) is 0 Å². The maximum Gasteiger partial charge on any atom is 0.326 e. The number of carboxylic acid groups (broad SMARTS) is 1. The van der Waals surface area contributed by atoms with E-state index in [0.29, 0.717) is 45.1 Å². The van der Waals surface area contributed by atoms with Crippen molar-refractivity contribution in [1.82, 2.24) is 42.1 Å². The molecule has 0 aromatic heterocycles. The van der Waals surface area contributed by atoms with Crippen molar-refractivity contribution in [2.24, 2.45) is 67.9 Å². The van der Waals surface area contributed by atoms with Gasteiger partial charge in [-0.15, -0.1) is 0 Å². The highest BCUT2D eigenvalue weighted by atomic mass is 16.4. The molecular formula is C48H91N17O10. The minimum Gasteiger partial charge on any atom is -0.480 e. The summed E-state index contributed by atoms with van der Waals surface area (Å²) < 4.78 is 0. The lowest BCUT2D eigenvalue weighted by atomic mass is 9.98. The molecule has 22 N–H and O–H groups in total. The van der Waals surface area contributed by atoms with Crippen LogP contribution in [0.3, 0.4) is 0 Å². The van der Waals surface area contributed by atoms with Crippen LogP contribution in [0.15, 0.2) is 9.98 Å². The molecule has 0 spiro atoms. The highest BCUT2D eigenvalue weighted by Crippen LogP contribution is 2.22. The molecule has 0 aliphatic carbocycles. The third kappa shape index (κ3) is 24.3. The van der Waals surface area contributed by atoms with E-state index in [1.807, 2.05) is 0 Å². The smallest absolute Gasteiger partial charge is 0.326 e. The summed E-state index contributed by atoms with van der Waals surface area (Å²) in [6.07, 6.45) is 3.41. The largest absolute Gasteiger partial charge is 0.480 e. The number of nitrogens with zero attached hydrogens (tertiary/aromatic N) is 3. The highest BCUT2D eigenvalue weighted by molar-refractivity contribution is 5.98. The predicted octanol–water partition coefficient (Wildman–Crippen LogP) is -3.47. The molecule has 1 rings (SSSR count). The number of nitrogens with one attached hydrogen (secondary N) is 7. The molecule has 75 heavy (non-hydrogen) atoms. The Balaban J connectivity index is 3.51. The summed E-state index contributed by atoms with van der Waals surface area (Å²) in [4.78, 5) is 132. The monoisotopic (exact) mass is 1070 g/mol. The zero-order valence-corrected chi connectivity index (χ0v) is 45.2. The predicted molar refractivity (Wildman–Crippen MR) is 284 cm³/mol. The van der Waals surface area contributed by atoms with Gasteiger partial charge in [0, 0.05) is 19.6 Å². The van der Waals surface area contributed by atoms with Gasteiger partial charge in [0.15, 0.2) is 11.9 Å². The number of unbranched alkanes of at least 4 members (excludes halogenated alkanes) is 2. The third-order valence-corrected chi connectivity index (χ3v) is 12.9. The first-order valence-corrected chi connectivity index (χ1v) is 26.2. The Hall–Kier alpha value is -6.35. The van der Waals surface area contributed by atoms with Crippen molar-refractivity contribution in [2.45, 2.75) is 186 Å². The molecule has 10 unspecified atom stereocenters. The number of amides is 8.